The first-order valence-electron chi connectivity index (χ1n) is 13.0. The Morgan fingerprint density at radius 2 is 1.69 bits per heavy atom. The number of piperazine rings is 1. The van der Waals surface area contributed by atoms with E-state index in [0.717, 1.165) is 99.2 Å². The minimum atomic E-state index is 0.742. The van der Waals surface area contributed by atoms with Gasteiger partial charge in [-0.05, 0) is 88.1 Å². The standard InChI is InChI=1S/C29H40N6O/c1-34(16-4-12-30)17-5-13-32-25-21-28(23-8-10-27(36-2)11-9-23)33-29(22-25)24-6-3-7-26(20-24)35-18-14-31-15-19-35/h3,6-11,20-22,31H,4-5,12-19,30H2,1-2H3,(H,32,33). The van der Waals surface area contributed by atoms with Crippen LogP contribution in [-0.2, 0) is 0 Å². The molecule has 7 nitrogen and oxygen atoms in total. The molecule has 0 radical (unpaired) electrons. The van der Waals surface area contributed by atoms with Crippen LogP contribution in [0.25, 0.3) is 22.5 Å². The van der Waals surface area contributed by atoms with Crippen molar-refractivity contribution in [2.24, 2.45) is 5.73 Å². The SMILES string of the molecule is COc1ccc(-c2cc(NCCCN(C)CCCN)cc(-c3cccc(N4CCNCC4)c3)n2)cc1. The van der Waals surface area contributed by atoms with Crippen LogP contribution in [0.15, 0.2) is 60.7 Å². The Morgan fingerprint density at radius 3 is 2.42 bits per heavy atom. The second-order valence-corrected chi connectivity index (χ2v) is 9.37. The first-order chi connectivity index (χ1) is 17.7. The summed E-state index contributed by atoms with van der Waals surface area (Å²) in [5.41, 5.74) is 12.1. The van der Waals surface area contributed by atoms with Gasteiger partial charge < -0.3 is 30.9 Å². The van der Waals surface area contributed by atoms with Crippen molar-refractivity contribution in [3.63, 3.8) is 0 Å². The van der Waals surface area contributed by atoms with Gasteiger partial charge in [0.2, 0.25) is 0 Å². The maximum Gasteiger partial charge on any atom is 0.118 e. The van der Waals surface area contributed by atoms with Gasteiger partial charge in [0.1, 0.15) is 5.75 Å². The maximum atomic E-state index is 5.64. The van der Waals surface area contributed by atoms with Crippen LogP contribution in [0.3, 0.4) is 0 Å². The average molecular weight is 489 g/mol. The first-order valence-corrected chi connectivity index (χ1v) is 13.0. The van der Waals surface area contributed by atoms with E-state index in [1.807, 2.05) is 12.1 Å². The molecule has 2 aromatic carbocycles. The van der Waals surface area contributed by atoms with Crippen molar-refractivity contribution < 1.29 is 4.74 Å². The second kappa shape index (κ2) is 13.3. The molecular formula is C29H40N6O. The van der Waals surface area contributed by atoms with Gasteiger partial charge in [-0.25, -0.2) is 4.98 Å². The summed E-state index contributed by atoms with van der Waals surface area (Å²) >= 11 is 0. The van der Waals surface area contributed by atoms with Crippen molar-refractivity contribution in [2.75, 3.05) is 76.7 Å². The number of methoxy groups -OCH3 is 1. The van der Waals surface area contributed by atoms with Crippen LogP contribution >= 0.6 is 0 Å². The fourth-order valence-corrected chi connectivity index (χ4v) is 4.53. The summed E-state index contributed by atoms with van der Waals surface area (Å²) in [5.74, 6) is 0.843. The van der Waals surface area contributed by atoms with E-state index in [1.54, 1.807) is 7.11 Å². The van der Waals surface area contributed by atoms with Gasteiger partial charge in [0.15, 0.2) is 0 Å². The van der Waals surface area contributed by atoms with Gasteiger partial charge in [-0.1, -0.05) is 12.1 Å². The van der Waals surface area contributed by atoms with Gasteiger partial charge in [0.25, 0.3) is 0 Å². The zero-order chi connectivity index (χ0) is 25.2. The maximum absolute atomic E-state index is 5.64. The van der Waals surface area contributed by atoms with E-state index in [9.17, 15) is 0 Å². The molecule has 0 spiro atoms. The lowest BCUT2D eigenvalue weighted by molar-refractivity contribution is 0.330. The Bertz CT molecular complexity index is 1080. The van der Waals surface area contributed by atoms with Crippen molar-refractivity contribution in [3.05, 3.63) is 60.7 Å². The predicted molar refractivity (Wildman–Crippen MR) is 151 cm³/mol. The quantitative estimate of drug-likeness (QED) is 0.334. The molecular weight excluding hydrogens is 448 g/mol. The number of rotatable bonds is 12. The Labute approximate surface area is 215 Å². The summed E-state index contributed by atoms with van der Waals surface area (Å²) in [4.78, 5) is 9.86. The number of hydrogen-bond donors (Lipinski definition) is 3. The number of aromatic nitrogens is 1. The lowest BCUT2D eigenvalue weighted by Crippen LogP contribution is -2.43. The van der Waals surface area contributed by atoms with Gasteiger partial charge in [0, 0.05) is 55.2 Å². The zero-order valence-corrected chi connectivity index (χ0v) is 21.7. The topological polar surface area (TPSA) is 78.7 Å². The smallest absolute Gasteiger partial charge is 0.118 e. The lowest BCUT2D eigenvalue weighted by atomic mass is 10.1. The average Bonchev–Trinajstić information content (AvgIpc) is 2.94. The molecule has 3 aromatic rings. The molecule has 4 N–H and O–H groups in total. The lowest BCUT2D eigenvalue weighted by Gasteiger charge is -2.29. The third kappa shape index (κ3) is 7.20. The van der Waals surface area contributed by atoms with Crippen molar-refractivity contribution >= 4 is 11.4 Å². The van der Waals surface area contributed by atoms with Crippen LogP contribution < -0.4 is 26.0 Å². The summed E-state index contributed by atoms with van der Waals surface area (Å²) < 4.78 is 5.35. The summed E-state index contributed by atoms with van der Waals surface area (Å²) in [5, 5.41) is 7.08. The van der Waals surface area contributed by atoms with Gasteiger partial charge >= 0.3 is 0 Å². The molecule has 2 heterocycles. The Hall–Kier alpha value is -3.13. The number of nitrogens with one attached hydrogen (secondary N) is 2. The van der Waals surface area contributed by atoms with E-state index < -0.39 is 0 Å². The highest BCUT2D eigenvalue weighted by Crippen LogP contribution is 2.30. The molecule has 0 atom stereocenters. The minimum Gasteiger partial charge on any atom is -0.497 e. The van der Waals surface area contributed by atoms with E-state index in [4.69, 9.17) is 15.5 Å². The number of hydrogen-bond acceptors (Lipinski definition) is 7. The van der Waals surface area contributed by atoms with Gasteiger partial charge in [-0.2, -0.15) is 0 Å². The number of benzene rings is 2. The highest BCUT2D eigenvalue weighted by atomic mass is 16.5. The van der Waals surface area contributed by atoms with Crippen molar-refractivity contribution in [1.82, 2.24) is 15.2 Å². The van der Waals surface area contributed by atoms with Crippen LogP contribution in [0, 0.1) is 0 Å². The largest absolute Gasteiger partial charge is 0.497 e. The molecule has 0 unspecified atom stereocenters. The molecule has 0 amide bonds. The number of anilines is 2. The van der Waals surface area contributed by atoms with E-state index in [0.29, 0.717) is 0 Å². The Balaban J connectivity index is 1.56. The molecule has 1 saturated heterocycles. The third-order valence-corrected chi connectivity index (χ3v) is 6.62. The fourth-order valence-electron chi connectivity index (χ4n) is 4.53. The summed E-state index contributed by atoms with van der Waals surface area (Å²) in [6.45, 7) is 7.82. The summed E-state index contributed by atoms with van der Waals surface area (Å²) in [6, 6.07) is 21.2. The van der Waals surface area contributed by atoms with Crippen LogP contribution in [0.2, 0.25) is 0 Å². The van der Waals surface area contributed by atoms with E-state index in [2.05, 4.69) is 76.0 Å². The number of pyridine rings is 1. The molecule has 1 aromatic heterocycles. The molecule has 7 heteroatoms. The van der Waals surface area contributed by atoms with Crippen molar-refractivity contribution in [3.8, 4) is 28.3 Å². The number of nitrogens with zero attached hydrogens (tertiary/aromatic N) is 3. The highest BCUT2D eigenvalue weighted by molar-refractivity contribution is 5.74. The van der Waals surface area contributed by atoms with E-state index >= 15 is 0 Å². The second-order valence-electron chi connectivity index (χ2n) is 9.37. The van der Waals surface area contributed by atoms with E-state index in [1.165, 1.54) is 5.69 Å². The summed E-state index contributed by atoms with van der Waals surface area (Å²) in [6.07, 6.45) is 2.10. The van der Waals surface area contributed by atoms with Crippen LogP contribution in [-0.4, -0.2) is 76.4 Å². The van der Waals surface area contributed by atoms with E-state index in [-0.39, 0.29) is 0 Å². The summed E-state index contributed by atoms with van der Waals surface area (Å²) in [7, 11) is 3.85. The third-order valence-electron chi connectivity index (χ3n) is 6.62. The molecule has 0 saturated carbocycles. The molecule has 0 aliphatic carbocycles. The van der Waals surface area contributed by atoms with Crippen LogP contribution in [0.1, 0.15) is 12.8 Å². The predicted octanol–water partition coefficient (Wildman–Crippen LogP) is 3.92. The molecule has 4 rings (SSSR count). The molecule has 192 valence electrons. The first kappa shape index (κ1) is 25.9. The molecule has 0 bridgehead atoms. The Morgan fingerprint density at radius 1 is 0.972 bits per heavy atom. The van der Waals surface area contributed by atoms with Gasteiger partial charge in [-0.3, -0.25) is 0 Å². The molecule has 1 aliphatic heterocycles. The van der Waals surface area contributed by atoms with Crippen LogP contribution in [0.4, 0.5) is 11.4 Å². The Kier molecular flexibility index (Phi) is 9.55. The minimum absolute atomic E-state index is 0.742. The number of nitrogens with two attached hydrogens (primary N) is 1. The van der Waals surface area contributed by atoms with Crippen LogP contribution in [0.5, 0.6) is 5.75 Å². The van der Waals surface area contributed by atoms with Crippen molar-refractivity contribution in [2.45, 2.75) is 12.8 Å². The number of ether oxygens (including phenoxy) is 1. The fraction of sp³-hybridized carbons (Fsp3) is 0.414. The van der Waals surface area contributed by atoms with Crippen molar-refractivity contribution in [1.29, 1.82) is 0 Å². The molecule has 1 aliphatic rings. The molecule has 36 heavy (non-hydrogen) atoms. The highest BCUT2D eigenvalue weighted by Gasteiger charge is 2.13. The van der Waals surface area contributed by atoms with Gasteiger partial charge in [0.05, 0.1) is 18.5 Å². The monoisotopic (exact) mass is 488 g/mol. The zero-order valence-electron chi connectivity index (χ0n) is 21.7. The normalized spacial score (nSPS) is 13.7. The molecule has 1 fully saturated rings. The van der Waals surface area contributed by atoms with Gasteiger partial charge in [-0.15, -0.1) is 0 Å².